The number of ether oxygens (including phenoxy) is 1. The first-order chi connectivity index (χ1) is 7.12. The Labute approximate surface area is 93.8 Å². The molecule has 0 aromatic carbocycles. The van der Waals surface area contributed by atoms with Gasteiger partial charge in [0.1, 0.15) is 0 Å². The smallest absolute Gasteiger partial charge is 0.0726 e. The van der Waals surface area contributed by atoms with E-state index in [4.69, 9.17) is 10.5 Å². The van der Waals surface area contributed by atoms with Gasteiger partial charge in [-0.15, -0.1) is 0 Å². The standard InChI is InChI=1S/C12H26N2O/c1-4-11(9-13)5-7-14-12(3)6-8-15-10(12)2/h10-11,14H,4-9,13H2,1-3H3. The predicted octanol–water partition coefficient (Wildman–Crippen LogP) is 1.52. The summed E-state index contributed by atoms with van der Waals surface area (Å²) in [7, 11) is 0. The number of hydrogen-bond donors (Lipinski definition) is 2. The van der Waals surface area contributed by atoms with E-state index >= 15 is 0 Å². The highest BCUT2D eigenvalue weighted by Crippen LogP contribution is 2.25. The zero-order valence-corrected chi connectivity index (χ0v) is 10.4. The van der Waals surface area contributed by atoms with Crippen molar-refractivity contribution in [1.82, 2.24) is 5.32 Å². The minimum Gasteiger partial charge on any atom is -0.377 e. The number of nitrogens with two attached hydrogens (primary N) is 1. The summed E-state index contributed by atoms with van der Waals surface area (Å²) in [6.45, 7) is 9.37. The molecule has 3 unspecified atom stereocenters. The monoisotopic (exact) mass is 214 g/mol. The van der Waals surface area contributed by atoms with E-state index in [1.54, 1.807) is 0 Å². The van der Waals surface area contributed by atoms with Crippen LogP contribution in [0.25, 0.3) is 0 Å². The van der Waals surface area contributed by atoms with E-state index in [9.17, 15) is 0 Å². The Bertz CT molecular complexity index is 182. The Morgan fingerprint density at radius 2 is 2.33 bits per heavy atom. The number of hydrogen-bond acceptors (Lipinski definition) is 3. The van der Waals surface area contributed by atoms with E-state index in [1.807, 2.05) is 0 Å². The molecule has 0 radical (unpaired) electrons. The largest absolute Gasteiger partial charge is 0.377 e. The fourth-order valence-corrected chi connectivity index (χ4v) is 2.12. The Balaban J connectivity index is 2.24. The molecule has 3 N–H and O–H groups in total. The molecule has 15 heavy (non-hydrogen) atoms. The van der Waals surface area contributed by atoms with Crippen LogP contribution in [-0.2, 0) is 4.74 Å². The van der Waals surface area contributed by atoms with Crippen LogP contribution in [0.1, 0.15) is 40.0 Å². The van der Waals surface area contributed by atoms with Gasteiger partial charge in [-0.05, 0) is 45.7 Å². The third-order valence-electron chi connectivity index (χ3n) is 3.88. The quantitative estimate of drug-likeness (QED) is 0.705. The van der Waals surface area contributed by atoms with E-state index in [2.05, 4.69) is 26.1 Å². The topological polar surface area (TPSA) is 47.3 Å². The second-order valence-electron chi connectivity index (χ2n) is 4.91. The molecule has 1 heterocycles. The zero-order valence-electron chi connectivity index (χ0n) is 10.4. The number of nitrogens with one attached hydrogen (secondary N) is 1. The van der Waals surface area contributed by atoms with Crippen molar-refractivity contribution in [2.75, 3.05) is 19.7 Å². The van der Waals surface area contributed by atoms with Crippen molar-refractivity contribution in [3.8, 4) is 0 Å². The predicted molar refractivity (Wildman–Crippen MR) is 63.9 cm³/mol. The van der Waals surface area contributed by atoms with Gasteiger partial charge in [-0.1, -0.05) is 13.3 Å². The maximum atomic E-state index is 5.69. The fourth-order valence-electron chi connectivity index (χ4n) is 2.12. The van der Waals surface area contributed by atoms with Crippen molar-refractivity contribution < 1.29 is 4.74 Å². The van der Waals surface area contributed by atoms with Gasteiger partial charge in [0.05, 0.1) is 6.10 Å². The van der Waals surface area contributed by atoms with E-state index in [0.717, 1.165) is 26.1 Å². The molecular formula is C12H26N2O. The summed E-state index contributed by atoms with van der Waals surface area (Å²) in [4.78, 5) is 0. The van der Waals surface area contributed by atoms with E-state index in [1.165, 1.54) is 12.8 Å². The van der Waals surface area contributed by atoms with Crippen LogP contribution >= 0.6 is 0 Å². The molecule has 0 aliphatic carbocycles. The summed E-state index contributed by atoms with van der Waals surface area (Å²) in [5.74, 6) is 0.665. The first kappa shape index (κ1) is 12.9. The highest BCUT2D eigenvalue weighted by molar-refractivity contribution is 4.93. The molecule has 1 aliphatic heterocycles. The SMILES string of the molecule is CCC(CN)CCNC1(C)CCOC1C. The van der Waals surface area contributed by atoms with E-state index in [0.29, 0.717) is 12.0 Å². The second-order valence-corrected chi connectivity index (χ2v) is 4.91. The first-order valence-electron chi connectivity index (χ1n) is 6.19. The van der Waals surface area contributed by atoms with Gasteiger partial charge in [-0.25, -0.2) is 0 Å². The lowest BCUT2D eigenvalue weighted by Gasteiger charge is -2.29. The molecule has 1 rings (SSSR count). The zero-order chi connectivity index (χ0) is 11.3. The van der Waals surface area contributed by atoms with Gasteiger partial charge in [-0.3, -0.25) is 0 Å². The lowest BCUT2D eigenvalue weighted by molar-refractivity contribution is 0.0882. The molecule has 3 heteroatoms. The molecule has 3 nitrogen and oxygen atoms in total. The van der Waals surface area contributed by atoms with Crippen LogP contribution in [-0.4, -0.2) is 31.3 Å². The van der Waals surface area contributed by atoms with Crippen LogP contribution in [0, 0.1) is 5.92 Å². The third-order valence-corrected chi connectivity index (χ3v) is 3.88. The van der Waals surface area contributed by atoms with Crippen LogP contribution in [0.2, 0.25) is 0 Å². The highest BCUT2D eigenvalue weighted by Gasteiger charge is 2.36. The van der Waals surface area contributed by atoms with Crippen LogP contribution in [0.4, 0.5) is 0 Å². The molecule has 0 spiro atoms. The first-order valence-corrected chi connectivity index (χ1v) is 6.19. The van der Waals surface area contributed by atoms with Crippen LogP contribution in [0.3, 0.4) is 0 Å². The second kappa shape index (κ2) is 5.83. The Morgan fingerprint density at radius 1 is 1.60 bits per heavy atom. The van der Waals surface area contributed by atoms with Gasteiger partial charge >= 0.3 is 0 Å². The van der Waals surface area contributed by atoms with Gasteiger partial charge in [0.15, 0.2) is 0 Å². The minimum absolute atomic E-state index is 0.174. The van der Waals surface area contributed by atoms with Gasteiger partial charge in [-0.2, -0.15) is 0 Å². The average molecular weight is 214 g/mol. The van der Waals surface area contributed by atoms with E-state index in [-0.39, 0.29) is 5.54 Å². The Morgan fingerprint density at radius 3 is 2.80 bits per heavy atom. The molecule has 3 atom stereocenters. The van der Waals surface area contributed by atoms with Gasteiger partial charge in [0, 0.05) is 12.1 Å². The van der Waals surface area contributed by atoms with Gasteiger partial charge < -0.3 is 15.8 Å². The normalized spacial score (nSPS) is 33.2. The molecule has 0 amide bonds. The maximum Gasteiger partial charge on any atom is 0.0726 e. The molecule has 1 fully saturated rings. The molecule has 0 bridgehead atoms. The molecular weight excluding hydrogens is 188 g/mol. The molecule has 1 saturated heterocycles. The molecule has 90 valence electrons. The van der Waals surface area contributed by atoms with Crippen molar-refractivity contribution in [2.24, 2.45) is 11.7 Å². The Hall–Kier alpha value is -0.120. The Kier molecular flexibility index (Phi) is 5.03. The lowest BCUT2D eigenvalue weighted by Crippen LogP contribution is -2.48. The average Bonchev–Trinajstić information content (AvgIpc) is 2.55. The summed E-state index contributed by atoms with van der Waals surface area (Å²) < 4.78 is 5.59. The third kappa shape index (κ3) is 3.44. The van der Waals surface area contributed by atoms with Crippen molar-refractivity contribution in [3.05, 3.63) is 0 Å². The van der Waals surface area contributed by atoms with Crippen LogP contribution in [0.15, 0.2) is 0 Å². The summed E-state index contributed by atoms with van der Waals surface area (Å²) in [6, 6.07) is 0. The van der Waals surface area contributed by atoms with Crippen LogP contribution in [0.5, 0.6) is 0 Å². The summed E-state index contributed by atoms with van der Waals surface area (Å²) >= 11 is 0. The fraction of sp³-hybridized carbons (Fsp3) is 1.00. The van der Waals surface area contributed by atoms with Crippen molar-refractivity contribution in [1.29, 1.82) is 0 Å². The highest BCUT2D eigenvalue weighted by atomic mass is 16.5. The van der Waals surface area contributed by atoms with Crippen LogP contribution < -0.4 is 11.1 Å². The minimum atomic E-state index is 0.174. The summed E-state index contributed by atoms with van der Waals surface area (Å²) in [6.07, 6.45) is 3.81. The number of rotatable bonds is 6. The van der Waals surface area contributed by atoms with Crippen molar-refractivity contribution in [2.45, 2.75) is 51.7 Å². The molecule has 1 aliphatic rings. The maximum absolute atomic E-state index is 5.69. The van der Waals surface area contributed by atoms with E-state index < -0.39 is 0 Å². The molecule has 0 aromatic heterocycles. The lowest BCUT2D eigenvalue weighted by atomic mass is 9.93. The molecule has 0 saturated carbocycles. The summed E-state index contributed by atoms with van der Waals surface area (Å²) in [5, 5.41) is 3.63. The van der Waals surface area contributed by atoms with Crippen molar-refractivity contribution in [3.63, 3.8) is 0 Å². The van der Waals surface area contributed by atoms with Crippen molar-refractivity contribution >= 4 is 0 Å². The van der Waals surface area contributed by atoms with Gasteiger partial charge in [0.25, 0.3) is 0 Å². The molecule has 0 aromatic rings. The summed E-state index contributed by atoms with van der Waals surface area (Å²) in [5.41, 5.74) is 5.86. The van der Waals surface area contributed by atoms with Gasteiger partial charge in [0.2, 0.25) is 0 Å².